The van der Waals surface area contributed by atoms with E-state index in [1.165, 1.54) is 0 Å². The van der Waals surface area contributed by atoms with Crippen molar-refractivity contribution in [2.75, 3.05) is 0 Å². The third-order valence-corrected chi connectivity index (χ3v) is 17.2. The minimum Gasteiger partial charge on any atom is -0.342 e. The molecular formula is C11H15I9O6Si2. The molecule has 3 saturated heterocycles. The Labute approximate surface area is 290 Å². The van der Waals surface area contributed by atoms with Crippen LogP contribution in [0.15, 0.2) is 0 Å². The zero-order valence-electron chi connectivity index (χ0n) is 14.9. The highest BCUT2D eigenvalue weighted by Crippen LogP contribution is 2.60. The molecule has 3 aliphatic heterocycles. The van der Waals surface area contributed by atoms with Gasteiger partial charge in [0.15, 0.2) is 15.7 Å². The molecule has 3 aliphatic rings. The van der Waals surface area contributed by atoms with Gasteiger partial charge in [-0.2, -0.15) is 0 Å². The average molecular weight is 1440 g/mol. The van der Waals surface area contributed by atoms with Crippen LogP contribution in [-0.4, -0.2) is 33.3 Å². The third-order valence-electron chi connectivity index (χ3n) is 3.83. The van der Waals surface area contributed by atoms with Gasteiger partial charge in [0, 0.05) is 13.1 Å². The molecule has 28 heavy (non-hydrogen) atoms. The zero-order chi connectivity index (χ0) is 22.2. The van der Waals surface area contributed by atoms with Gasteiger partial charge in [0.25, 0.3) is 0 Å². The van der Waals surface area contributed by atoms with Crippen molar-refractivity contribution in [1.29, 1.82) is 0 Å². The number of fused-ring (bicyclic) bond motifs is 6. The zero-order valence-corrected chi connectivity index (χ0v) is 36.3. The largest absolute Gasteiger partial charge is 0.504 e. The molecule has 0 spiro atoms. The molecule has 0 aromatic carbocycles. The Balaban J connectivity index is 2.73. The molecule has 2 bridgehead atoms. The lowest BCUT2D eigenvalue weighted by molar-refractivity contribution is -0.298. The molecule has 0 N–H and O–H groups in total. The summed E-state index contributed by atoms with van der Waals surface area (Å²) in [6.45, 7) is 9.46. The first-order valence-electron chi connectivity index (χ1n) is 7.40. The maximum atomic E-state index is 6.65. The highest BCUT2D eigenvalue weighted by molar-refractivity contribution is 14.3. The Hall–Kier alpha value is 6.76. The lowest BCUT2D eigenvalue weighted by Crippen LogP contribution is -2.76. The van der Waals surface area contributed by atoms with Crippen LogP contribution in [0, 0.1) is 0 Å². The number of hydrogen-bond acceptors (Lipinski definition) is 6. The van der Waals surface area contributed by atoms with E-state index in [1.54, 1.807) is 0 Å². The summed E-state index contributed by atoms with van der Waals surface area (Å²) >= 11 is 20.7. The molecule has 3 rings (SSSR count). The summed E-state index contributed by atoms with van der Waals surface area (Å²) in [5.74, 6) is -3.10. The molecular weight excluding hydrogens is 1430 g/mol. The number of rotatable bonds is 3. The summed E-state index contributed by atoms with van der Waals surface area (Å²) in [7, 11) is -6.69. The first-order chi connectivity index (χ1) is 12.0. The van der Waals surface area contributed by atoms with Crippen molar-refractivity contribution in [1.82, 2.24) is 0 Å². The van der Waals surface area contributed by atoms with Crippen molar-refractivity contribution < 1.29 is 26.6 Å². The molecule has 0 aromatic rings. The minimum absolute atomic E-state index is 0.449. The van der Waals surface area contributed by atoms with Gasteiger partial charge < -0.3 is 26.6 Å². The Kier molecular flexibility index (Phi) is 10.9. The van der Waals surface area contributed by atoms with Crippen molar-refractivity contribution in [2.45, 2.75) is 49.5 Å². The first-order valence-corrected chi connectivity index (χ1v) is 21.6. The molecule has 6 nitrogen and oxygen atoms in total. The van der Waals surface area contributed by atoms with Gasteiger partial charge in [0.1, 0.15) is 0 Å². The molecule has 166 valence electrons. The standard InChI is InChI=1S/C11H15I9O6Si2/c1-6(9(12,13)14)21-27(4)23-7(2,10(15,16)17)24-28(5,22-6)26-8(3,25-27)11(18,19)20/h1-5H3. The predicted molar refractivity (Wildman–Crippen MR) is 189 cm³/mol. The van der Waals surface area contributed by atoms with E-state index in [0.717, 1.165) is 0 Å². The molecule has 3 heterocycles. The average Bonchev–Trinajstić information content (AvgIpc) is 2.28. The monoisotopic (exact) mass is 1440 g/mol. The van der Waals surface area contributed by atoms with Crippen LogP contribution in [0.4, 0.5) is 0 Å². The maximum Gasteiger partial charge on any atom is 0.504 e. The molecule has 0 aromatic heterocycles. The summed E-state index contributed by atoms with van der Waals surface area (Å²) in [6, 6.07) is 0. The topological polar surface area (TPSA) is 55.4 Å². The highest BCUT2D eigenvalue weighted by Gasteiger charge is 2.71. The van der Waals surface area contributed by atoms with Crippen molar-refractivity contribution in [3.05, 3.63) is 0 Å². The van der Waals surface area contributed by atoms with E-state index < -0.39 is 33.3 Å². The highest BCUT2D eigenvalue weighted by atomic mass is 127. The van der Waals surface area contributed by atoms with E-state index in [4.69, 9.17) is 26.6 Å². The van der Waals surface area contributed by atoms with Gasteiger partial charge in [-0.15, -0.1) is 0 Å². The van der Waals surface area contributed by atoms with Crippen molar-refractivity contribution in [3.63, 3.8) is 0 Å². The SMILES string of the molecule is CC1(C(I)(I)I)O[Si]2(C)OC(C)(C(I)(I)I)O[Si](C)(O1)OC(C)(C(I)(I)I)O2. The number of halogens is 9. The molecule has 0 radical (unpaired) electrons. The number of alkyl halides is 9. The van der Waals surface area contributed by atoms with Crippen LogP contribution in [-0.2, 0) is 26.6 Å². The quantitative estimate of drug-likeness (QED) is 0.161. The van der Waals surface area contributed by atoms with Crippen molar-refractivity contribution in [2.24, 2.45) is 0 Å². The van der Waals surface area contributed by atoms with Crippen LogP contribution < -0.4 is 0 Å². The van der Waals surface area contributed by atoms with Gasteiger partial charge in [-0.25, -0.2) is 0 Å². The Morgan fingerprint density at radius 2 is 0.607 bits per heavy atom. The molecule has 0 saturated carbocycles. The van der Waals surface area contributed by atoms with E-state index in [9.17, 15) is 0 Å². The van der Waals surface area contributed by atoms with Gasteiger partial charge in [-0.3, -0.25) is 0 Å². The van der Waals surface area contributed by atoms with Gasteiger partial charge >= 0.3 is 17.6 Å². The van der Waals surface area contributed by atoms with E-state index >= 15 is 0 Å². The Morgan fingerprint density at radius 3 is 0.714 bits per heavy atom. The summed E-state index contributed by atoms with van der Waals surface area (Å²) in [5.41, 5.74) is 0. The predicted octanol–water partition coefficient (Wildman–Crippen LogP) is 8.28. The number of hydrogen-bond donors (Lipinski definition) is 0. The van der Waals surface area contributed by atoms with Crippen LogP contribution in [0.1, 0.15) is 20.8 Å². The van der Waals surface area contributed by atoms with Crippen LogP contribution in [0.25, 0.3) is 0 Å². The summed E-state index contributed by atoms with van der Waals surface area (Å²) in [4.78, 5) is 0. The second-order valence-electron chi connectivity index (χ2n) is 6.67. The third kappa shape index (κ3) is 6.79. The first kappa shape index (κ1) is 31.0. The van der Waals surface area contributed by atoms with Gasteiger partial charge in [0.2, 0.25) is 0 Å². The second kappa shape index (κ2) is 9.82. The second-order valence-corrected chi connectivity index (χ2v) is 44.5. The Morgan fingerprint density at radius 1 is 0.464 bits per heavy atom. The van der Waals surface area contributed by atoms with Crippen LogP contribution in [0.3, 0.4) is 0 Å². The van der Waals surface area contributed by atoms with Crippen LogP contribution in [0.5, 0.6) is 0 Å². The minimum atomic E-state index is -3.35. The van der Waals surface area contributed by atoms with Gasteiger partial charge in [0.05, 0.1) is 0 Å². The van der Waals surface area contributed by atoms with Gasteiger partial charge in [-0.05, 0) is 224 Å². The fourth-order valence-corrected chi connectivity index (χ4v) is 14.3. The molecule has 0 unspecified atom stereocenters. The van der Waals surface area contributed by atoms with E-state index in [1.807, 2.05) is 33.9 Å². The summed E-state index contributed by atoms with van der Waals surface area (Å²) < 4.78 is 38.6. The van der Waals surface area contributed by atoms with E-state index in [2.05, 4.69) is 203 Å². The van der Waals surface area contributed by atoms with E-state index in [0.29, 0.717) is 0 Å². The summed E-state index contributed by atoms with van der Waals surface area (Å²) in [5, 5.41) is 0. The lowest BCUT2D eigenvalue weighted by atomic mass is 10.4. The molecule has 17 heteroatoms. The Bertz CT molecular complexity index is 528. The van der Waals surface area contributed by atoms with Gasteiger partial charge in [-0.1, -0.05) is 0 Å². The van der Waals surface area contributed by atoms with Crippen molar-refractivity contribution >= 4 is 221 Å². The maximum absolute atomic E-state index is 6.65. The van der Waals surface area contributed by atoms with Crippen LogP contribution in [0.2, 0.25) is 13.1 Å². The normalized spacial score (nSPS) is 46.1. The van der Waals surface area contributed by atoms with E-state index in [-0.39, 0.29) is 0 Å². The molecule has 0 atom stereocenters. The fourth-order valence-electron chi connectivity index (χ4n) is 2.66. The summed E-state index contributed by atoms with van der Waals surface area (Å²) in [6.07, 6.45) is 0. The van der Waals surface area contributed by atoms with Crippen molar-refractivity contribution in [3.8, 4) is 0 Å². The molecule has 0 amide bonds. The smallest absolute Gasteiger partial charge is 0.342 e. The molecule has 0 aliphatic carbocycles. The fraction of sp³-hybridized carbons (Fsp3) is 1.00. The van der Waals surface area contributed by atoms with Crippen LogP contribution >= 0.6 is 203 Å². The lowest BCUT2D eigenvalue weighted by Gasteiger charge is -2.59. The molecule has 3 fully saturated rings.